The number of pyridine rings is 1. The Morgan fingerprint density at radius 3 is 2.50 bits per heavy atom. The van der Waals surface area contributed by atoms with Gasteiger partial charge in [-0.3, -0.25) is 0 Å². The smallest absolute Gasteiger partial charge is 0.176 e. The molecule has 0 radical (unpaired) electrons. The zero-order chi connectivity index (χ0) is 10.5. The van der Waals surface area contributed by atoms with Crippen LogP contribution in [0.4, 0.5) is 0 Å². The molecule has 0 saturated carbocycles. The largest absolute Gasteiger partial charge is 1.00 e. The molecule has 0 amide bonds. The number of hydrogen-bond donors (Lipinski definition) is 0. The van der Waals surface area contributed by atoms with Crippen molar-refractivity contribution in [1.82, 2.24) is 0 Å². The van der Waals surface area contributed by atoms with Gasteiger partial charge in [0.15, 0.2) is 12.4 Å². The fourth-order valence-electron chi connectivity index (χ4n) is 1.86. The van der Waals surface area contributed by atoms with Gasteiger partial charge in [0.05, 0.1) is 0 Å². The van der Waals surface area contributed by atoms with Crippen molar-refractivity contribution in [1.29, 1.82) is 0 Å². The minimum atomic E-state index is 0. The van der Waals surface area contributed by atoms with Crippen molar-refractivity contribution < 1.29 is 28.5 Å². The quantitative estimate of drug-likeness (QED) is 0.433. The van der Waals surface area contributed by atoms with E-state index in [1.165, 1.54) is 30.0 Å². The Balaban J connectivity index is 0.00000128. The topological polar surface area (TPSA) is 3.88 Å². The Kier molecular flexibility index (Phi) is 5.74. The van der Waals surface area contributed by atoms with Crippen LogP contribution in [0.25, 0.3) is 10.8 Å². The lowest BCUT2D eigenvalue weighted by atomic mass is 10.2. The molecule has 1 aromatic carbocycles. The molecular weight excluding hydrogens is 309 g/mol. The van der Waals surface area contributed by atoms with Gasteiger partial charge < -0.3 is 24.0 Å². The monoisotopic (exact) mass is 327 g/mol. The zero-order valence-electron chi connectivity index (χ0n) is 9.70. The van der Waals surface area contributed by atoms with Crippen LogP contribution in [0.1, 0.15) is 26.2 Å². The first-order valence-electron chi connectivity index (χ1n) is 5.78. The molecule has 1 aromatic heterocycles. The molecule has 2 aromatic rings. The molecule has 0 N–H and O–H groups in total. The number of aromatic nitrogens is 1. The van der Waals surface area contributed by atoms with Gasteiger partial charge in [-0.25, -0.2) is 4.57 Å². The highest BCUT2D eigenvalue weighted by atomic mass is 127. The number of hydrogen-bond acceptors (Lipinski definition) is 0. The van der Waals surface area contributed by atoms with Gasteiger partial charge in [-0.1, -0.05) is 31.5 Å². The summed E-state index contributed by atoms with van der Waals surface area (Å²) >= 11 is 0. The number of benzene rings is 1. The second-order valence-electron chi connectivity index (χ2n) is 4.02. The van der Waals surface area contributed by atoms with Crippen LogP contribution in [-0.4, -0.2) is 0 Å². The first-order valence-corrected chi connectivity index (χ1v) is 5.78. The molecule has 1 heterocycles. The van der Waals surface area contributed by atoms with Gasteiger partial charge in [-0.15, -0.1) is 0 Å². The van der Waals surface area contributed by atoms with Crippen molar-refractivity contribution in [3.63, 3.8) is 0 Å². The molecule has 0 aliphatic heterocycles. The van der Waals surface area contributed by atoms with Crippen LogP contribution < -0.4 is 28.5 Å². The van der Waals surface area contributed by atoms with Gasteiger partial charge in [0.25, 0.3) is 0 Å². The Morgan fingerprint density at radius 2 is 1.75 bits per heavy atom. The molecule has 0 aliphatic carbocycles. The molecule has 0 aliphatic rings. The molecule has 16 heavy (non-hydrogen) atoms. The molecule has 0 unspecified atom stereocenters. The van der Waals surface area contributed by atoms with Crippen molar-refractivity contribution in [2.45, 2.75) is 32.7 Å². The minimum absolute atomic E-state index is 0. The SMILES string of the molecule is CCCCC[n+]1ccc2ccccc2c1.[I-]. The standard InChI is InChI=1S/C14H18N.HI/c1-2-3-6-10-15-11-9-13-7-4-5-8-14(13)12-15;/h4-5,7-9,11-12H,2-3,6,10H2,1H3;1H/q+1;/p-1. The number of unbranched alkanes of at least 4 members (excludes halogenated alkanes) is 2. The Bertz CT molecular complexity index is 439. The Morgan fingerprint density at radius 1 is 1.00 bits per heavy atom. The van der Waals surface area contributed by atoms with E-state index in [-0.39, 0.29) is 24.0 Å². The summed E-state index contributed by atoms with van der Waals surface area (Å²) in [5, 5.41) is 2.65. The lowest BCUT2D eigenvalue weighted by Gasteiger charge is -1.98. The predicted molar refractivity (Wildman–Crippen MR) is 63.7 cm³/mol. The van der Waals surface area contributed by atoms with Crippen LogP contribution in [0.5, 0.6) is 0 Å². The number of rotatable bonds is 4. The van der Waals surface area contributed by atoms with Crippen LogP contribution in [0, 0.1) is 0 Å². The van der Waals surface area contributed by atoms with Gasteiger partial charge in [-0.2, -0.15) is 0 Å². The van der Waals surface area contributed by atoms with Crippen LogP contribution >= 0.6 is 0 Å². The molecule has 86 valence electrons. The summed E-state index contributed by atoms with van der Waals surface area (Å²) in [5.41, 5.74) is 0. The van der Waals surface area contributed by atoms with Crippen molar-refractivity contribution in [3.8, 4) is 0 Å². The maximum atomic E-state index is 2.29. The Labute approximate surface area is 115 Å². The van der Waals surface area contributed by atoms with E-state index in [0.717, 1.165) is 6.54 Å². The summed E-state index contributed by atoms with van der Waals surface area (Å²) in [6, 6.07) is 10.7. The molecule has 0 atom stereocenters. The molecular formula is C14H18IN. The lowest BCUT2D eigenvalue weighted by Crippen LogP contribution is -3.00. The summed E-state index contributed by atoms with van der Waals surface area (Å²) in [5.74, 6) is 0. The lowest BCUT2D eigenvalue weighted by molar-refractivity contribution is -0.696. The highest BCUT2D eigenvalue weighted by Gasteiger charge is 2.01. The van der Waals surface area contributed by atoms with Crippen LogP contribution in [0.15, 0.2) is 42.7 Å². The normalized spacial score (nSPS) is 10.1. The highest BCUT2D eigenvalue weighted by Crippen LogP contribution is 2.09. The van der Waals surface area contributed by atoms with Gasteiger partial charge in [-0.05, 0) is 17.9 Å². The van der Waals surface area contributed by atoms with Crippen LogP contribution in [0.3, 0.4) is 0 Å². The molecule has 2 rings (SSSR count). The first kappa shape index (κ1) is 13.4. The first-order chi connectivity index (χ1) is 7.40. The van der Waals surface area contributed by atoms with Crippen LogP contribution in [-0.2, 0) is 6.54 Å². The predicted octanol–water partition coefficient (Wildman–Crippen LogP) is 0.321. The van der Waals surface area contributed by atoms with Gasteiger partial charge >= 0.3 is 0 Å². The minimum Gasteiger partial charge on any atom is -1.00 e. The molecule has 0 spiro atoms. The van der Waals surface area contributed by atoms with Gasteiger partial charge in [0, 0.05) is 17.9 Å². The highest BCUT2D eigenvalue weighted by molar-refractivity contribution is 5.80. The third-order valence-electron chi connectivity index (χ3n) is 2.77. The fourth-order valence-corrected chi connectivity index (χ4v) is 1.86. The van der Waals surface area contributed by atoms with E-state index in [9.17, 15) is 0 Å². The van der Waals surface area contributed by atoms with Crippen molar-refractivity contribution >= 4 is 10.8 Å². The zero-order valence-corrected chi connectivity index (χ0v) is 11.9. The van der Waals surface area contributed by atoms with E-state index < -0.39 is 0 Å². The van der Waals surface area contributed by atoms with E-state index in [4.69, 9.17) is 0 Å². The van der Waals surface area contributed by atoms with E-state index >= 15 is 0 Å². The molecule has 0 fully saturated rings. The second-order valence-corrected chi connectivity index (χ2v) is 4.02. The third-order valence-corrected chi connectivity index (χ3v) is 2.77. The summed E-state index contributed by atoms with van der Waals surface area (Å²) in [6.45, 7) is 3.38. The van der Waals surface area contributed by atoms with E-state index in [0.29, 0.717) is 0 Å². The number of halogens is 1. The Hall–Kier alpha value is -0.640. The summed E-state index contributed by atoms with van der Waals surface area (Å²) < 4.78 is 2.29. The number of fused-ring (bicyclic) bond motifs is 1. The van der Waals surface area contributed by atoms with Crippen molar-refractivity contribution in [3.05, 3.63) is 42.7 Å². The maximum absolute atomic E-state index is 2.29. The average molecular weight is 327 g/mol. The van der Waals surface area contributed by atoms with Gasteiger partial charge in [0.2, 0.25) is 0 Å². The molecule has 0 saturated heterocycles. The summed E-state index contributed by atoms with van der Waals surface area (Å²) in [7, 11) is 0. The third kappa shape index (κ3) is 3.44. The fraction of sp³-hybridized carbons (Fsp3) is 0.357. The van der Waals surface area contributed by atoms with Crippen LogP contribution in [0.2, 0.25) is 0 Å². The maximum Gasteiger partial charge on any atom is 0.176 e. The van der Waals surface area contributed by atoms with Crippen molar-refractivity contribution in [2.24, 2.45) is 0 Å². The average Bonchev–Trinajstić information content (AvgIpc) is 2.29. The summed E-state index contributed by atoms with van der Waals surface area (Å²) in [4.78, 5) is 0. The molecule has 0 bridgehead atoms. The number of nitrogens with zero attached hydrogens (tertiary/aromatic N) is 1. The van der Waals surface area contributed by atoms with E-state index in [2.05, 4.69) is 54.2 Å². The van der Waals surface area contributed by atoms with E-state index in [1.54, 1.807) is 0 Å². The summed E-state index contributed by atoms with van der Waals surface area (Å²) in [6.07, 6.45) is 8.30. The molecule has 2 heteroatoms. The second kappa shape index (κ2) is 6.84. The van der Waals surface area contributed by atoms with Gasteiger partial charge in [0.1, 0.15) is 6.54 Å². The number of aryl methyl sites for hydroxylation is 1. The van der Waals surface area contributed by atoms with Crippen molar-refractivity contribution in [2.75, 3.05) is 0 Å². The van der Waals surface area contributed by atoms with E-state index in [1.807, 2.05) is 0 Å². The molecule has 1 nitrogen and oxygen atoms in total.